The number of amides is 1. The van der Waals surface area contributed by atoms with Gasteiger partial charge in [0.05, 0.1) is 18.4 Å². The molecule has 1 aliphatic heterocycles. The third kappa shape index (κ3) is 2.43. The van der Waals surface area contributed by atoms with E-state index in [1.54, 1.807) is 4.90 Å². The number of carbonyl (C=O) groups excluding carboxylic acids is 2. The SMILES string of the molecule is COC(=O)C1CCN(C(=O)CBr)C1. The molecule has 0 aromatic heterocycles. The summed E-state index contributed by atoms with van der Waals surface area (Å²) in [5.41, 5.74) is 0. The number of nitrogens with zero attached hydrogens (tertiary/aromatic N) is 1. The molecule has 1 unspecified atom stereocenters. The lowest BCUT2D eigenvalue weighted by molar-refractivity contribution is -0.145. The first kappa shape index (κ1) is 10.5. The van der Waals surface area contributed by atoms with Crippen molar-refractivity contribution >= 4 is 27.8 Å². The van der Waals surface area contributed by atoms with Gasteiger partial charge in [0.1, 0.15) is 0 Å². The fraction of sp³-hybridized carbons (Fsp3) is 0.750. The summed E-state index contributed by atoms with van der Waals surface area (Å²) in [4.78, 5) is 24.0. The van der Waals surface area contributed by atoms with Crippen molar-refractivity contribution in [1.82, 2.24) is 4.90 Å². The van der Waals surface area contributed by atoms with Crippen molar-refractivity contribution in [3.63, 3.8) is 0 Å². The van der Waals surface area contributed by atoms with E-state index < -0.39 is 0 Å². The summed E-state index contributed by atoms with van der Waals surface area (Å²) < 4.78 is 4.61. The van der Waals surface area contributed by atoms with Crippen LogP contribution >= 0.6 is 15.9 Å². The number of esters is 1. The maximum Gasteiger partial charge on any atom is 0.310 e. The number of methoxy groups -OCH3 is 1. The predicted octanol–water partition coefficient (Wildman–Crippen LogP) is 0.403. The van der Waals surface area contributed by atoms with Crippen molar-refractivity contribution in [2.24, 2.45) is 5.92 Å². The average Bonchev–Trinajstić information content (AvgIpc) is 2.64. The van der Waals surface area contributed by atoms with Gasteiger partial charge in [-0.3, -0.25) is 9.59 Å². The minimum absolute atomic E-state index is 0.0337. The normalized spacial score (nSPS) is 21.7. The third-order valence-corrected chi connectivity index (χ3v) is 2.67. The van der Waals surface area contributed by atoms with Crippen LogP contribution in [0.4, 0.5) is 0 Å². The lowest BCUT2D eigenvalue weighted by Crippen LogP contribution is -2.30. The molecule has 1 aliphatic rings. The minimum Gasteiger partial charge on any atom is -0.469 e. The largest absolute Gasteiger partial charge is 0.469 e. The molecule has 1 heterocycles. The second-order valence-electron chi connectivity index (χ2n) is 2.98. The van der Waals surface area contributed by atoms with Crippen LogP contribution in [0.2, 0.25) is 0 Å². The minimum atomic E-state index is -0.218. The summed E-state index contributed by atoms with van der Waals surface area (Å²) in [6.45, 7) is 1.15. The van der Waals surface area contributed by atoms with Crippen LogP contribution in [0.5, 0.6) is 0 Å². The number of hydrogen-bond acceptors (Lipinski definition) is 3. The van der Waals surface area contributed by atoms with Crippen LogP contribution in [0.25, 0.3) is 0 Å². The summed E-state index contributed by atoms with van der Waals surface area (Å²) in [7, 11) is 1.37. The Labute approximate surface area is 85.4 Å². The zero-order valence-corrected chi connectivity index (χ0v) is 9.04. The third-order valence-electron chi connectivity index (χ3n) is 2.19. The molecule has 0 saturated carbocycles. The zero-order valence-electron chi connectivity index (χ0n) is 7.46. The van der Waals surface area contributed by atoms with Gasteiger partial charge in [-0.25, -0.2) is 0 Å². The van der Waals surface area contributed by atoms with Crippen molar-refractivity contribution in [3.8, 4) is 0 Å². The Bertz CT molecular complexity index is 197. The number of alkyl halides is 1. The average molecular weight is 250 g/mol. The van der Waals surface area contributed by atoms with Crippen LogP contribution in [0, 0.1) is 5.92 Å². The van der Waals surface area contributed by atoms with E-state index in [0.717, 1.165) is 0 Å². The van der Waals surface area contributed by atoms with Crippen molar-refractivity contribution in [1.29, 1.82) is 0 Å². The molecule has 0 aromatic carbocycles. The van der Waals surface area contributed by atoms with E-state index in [2.05, 4.69) is 20.7 Å². The monoisotopic (exact) mass is 249 g/mol. The van der Waals surface area contributed by atoms with E-state index in [4.69, 9.17) is 0 Å². The Kier molecular flexibility index (Phi) is 3.71. The van der Waals surface area contributed by atoms with Crippen LogP contribution in [-0.2, 0) is 14.3 Å². The highest BCUT2D eigenvalue weighted by Gasteiger charge is 2.30. The predicted molar refractivity (Wildman–Crippen MR) is 50.5 cm³/mol. The Balaban J connectivity index is 2.44. The molecule has 0 N–H and O–H groups in total. The van der Waals surface area contributed by atoms with Gasteiger partial charge in [-0.1, -0.05) is 15.9 Å². The van der Waals surface area contributed by atoms with E-state index in [0.29, 0.717) is 24.8 Å². The van der Waals surface area contributed by atoms with Gasteiger partial charge < -0.3 is 9.64 Å². The van der Waals surface area contributed by atoms with Gasteiger partial charge in [-0.2, -0.15) is 0 Å². The van der Waals surface area contributed by atoms with E-state index in [1.165, 1.54) is 7.11 Å². The lowest BCUT2D eigenvalue weighted by Gasteiger charge is -2.13. The molecular formula is C8H12BrNO3. The summed E-state index contributed by atoms with van der Waals surface area (Å²) >= 11 is 3.09. The van der Waals surface area contributed by atoms with E-state index in [9.17, 15) is 9.59 Å². The van der Waals surface area contributed by atoms with Gasteiger partial charge in [-0.15, -0.1) is 0 Å². The Morgan fingerprint density at radius 1 is 1.62 bits per heavy atom. The first-order valence-corrected chi connectivity index (χ1v) is 5.22. The Morgan fingerprint density at radius 3 is 2.85 bits per heavy atom. The van der Waals surface area contributed by atoms with Gasteiger partial charge in [-0.05, 0) is 6.42 Å². The van der Waals surface area contributed by atoms with Crippen LogP contribution in [-0.4, -0.2) is 42.3 Å². The molecule has 13 heavy (non-hydrogen) atoms. The zero-order chi connectivity index (χ0) is 9.84. The quantitative estimate of drug-likeness (QED) is 0.526. The second kappa shape index (κ2) is 4.60. The number of likely N-dealkylation sites (tertiary alicyclic amines) is 1. The van der Waals surface area contributed by atoms with Crippen LogP contribution in [0.15, 0.2) is 0 Å². The molecule has 1 saturated heterocycles. The highest BCUT2D eigenvalue weighted by Crippen LogP contribution is 2.17. The number of hydrogen-bond donors (Lipinski definition) is 0. The lowest BCUT2D eigenvalue weighted by atomic mass is 10.1. The molecule has 0 aromatic rings. The van der Waals surface area contributed by atoms with Gasteiger partial charge in [0, 0.05) is 13.1 Å². The van der Waals surface area contributed by atoms with Crippen molar-refractivity contribution < 1.29 is 14.3 Å². The van der Waals surface area contributed by atoms with Crippen LogP contribution in [0.1, 0.15) is 6.42 Å². The van der Waals surface area contributed by atoms with Crippen molar-refractivity contribution in [3.05, 3.63) is 0 Å². The number of ether oxygens (including phenoxy) is 1. The molecule has 0 spiro atoms. The van der Waals surface area contributed by atoms with E-state index in [1.807, 2.05) is 0 Å². The molecule has 5 heteroatoms. The maximum atomic E-state index is 11.2. The molecule has 4 nitrogen and oxygen atoms in total. The van der Waals surface area contributed by atoms with Gasteiger partial charge >= 0.3 is 5.97 Å². The molecule has 0 radical (unpaired) electrons. The van der Waals surface area contributed by atoms with Gasteiger partial charge in [0.25, 0.3) is 0 Å². The van der Waals surface area contributed by atoms with Crippen LogP contribution < -0.4 is 0 Å². The molecule has 74 valence electrons. The second-order valence-corrected chi connectivity index (χ2v) is 3.54. The fourth-order valence-corrected chi connectivity index (χ4v) is 1.79. The molecule has 0 bridgehead atoms. The summed E-state index contributed by atoms with van der Waals surface area (Å²) in [6.07, 6.45) is 0.714. The number of rotatable bonds is 2. The molecule has 1 amide bonds. The molecule has 1 rings (SSSR count). The summed E-state index contributed by atoms with van der Waals surface area (Å²) in [5.74, 6) is -0.315. The molecule has 0 aliphatic carbocycles. The van der Waals surface area contributed by atoms with Crippen molar-refractivity contribution in [2.75, 3.05) is 25.5 Å². The maximum absolute atomic E-state index is 11.2. The molecule has 1 fully saturated rings. The first-order chi connectivity index (χ1) is 6.19. The Hall–Kier alpha value is -0.580. The molecule has 1 atom stereocenters. The first-order valence-electron chi connectivity index (χ1n) is 4.10. The highest BCUT2D eigenvalue weighted by molar-refractivity contribution is 9.09. The Morgan fingerprint density at radius 2 is 2.31 bits per heavy atom. The van der Waals surface area contributed by atoms with E-state index >= 15 is 0 Å². The standard InChI is InChI=1S/C8H12BrNO3/c1-13-8(12)6-2-3-10(5-6)7(11)4-9/h6H,2-5H2,1H3. The number of carbonyl (C=O) groups is 2. The van der Waals surface area contributed by atoms with Crippen molar-refractivity contribution in [2.45, 2.75) is 6.42 Å². The highest BCUT2D eigenvalue weighted by atomic mass is 79.9. The smallest absolute Gasteiger partial charge is 0.310 e. The number of halogens is 1. The summed E-state index contributed by atoms with van der Waals surface area (Å²) in [6, 6.07) is 0. The summed E-state index contributed by atoms with van der Waals surface area (Å²) in [5, 5.41) is 0.320. The topological polar surface area (TPSA) is 46.6 Å². The molecular weight excluding hydrogens is 238 g/mol. The fourth-order valence-electron chi connectivity index (χ4n) is 1.43. The van der Waals surface area contributed by atoms with Crippen LogP contribution in [0.3, 0.4) is 0 Å². The van der Waals surface area contributed by atoms with Gasteiger partial charge in [0.15, 0.2) is 0 Å². The van der Waals surface area contributed by atoms with Gasteiger partial charge in [0.2, 0.25) is 5.91 Å². The van der Waals surface area contributed by atoms with E-state index in [-0.39, 0.29) is 17.8 Å².